The summed E-state index contributed by atoms with van der Waals surface area (Å²) in [5.41, 5.74) is 1.00. The van der Waals surface area contributed by atoms with Gasteiger partial charge in [-0.1, -0.05) is 5.16 Å². The van der Waals surface area contributed by atoms with E-state index in [0.717, 1.165) is 70.0 Å². The van der Waals surface area contributed by atoms with Gasteiger partial charge in [-0.2, -0.15) is 0 Å². The number of nitrogens with zero attached hydrogens (tertiary/aromatic N) is 5. The molecule has 8 nitrogen and oxygen atoms in total. The van der Waals surface area contributed by atoms with Gasteiger partial charge in [-0.3, -0.25) is 9.89 Å². The van der Waals surface area contributed by atoms with Crippen molar-refractivity contribution in [2.75, 3.05) is 73.1 Å². The number of piperidine rings is 1. The van der Waals surface area contributed by atoms with Gasteiger partial charge in [0.1, 0.15) is 6.26 Å². The van der Waals surface area contributed by atoms with Crippen molar-refractivity contribution in [1.29, 1.82) is 0 Å². The van der Waals surface area contributed by atoms with Crippen LogP contribution in [0.4, 0.5) is 0 Å². The summed E-state index contributed by atoms with van der Waals surface area (Å²) in [7, 11) is 3.66. The van der Waals surface area contributed by atoms with E-state index < -0.39 is 0 Å². The molecule has 0 atom stereocenters. The Kier molecular flexibility index (Phi) is 7.92. The van der Waals surface area contributed by atoms with Gasteiger partial charge in [0, 0.05) is 66.0 Å². The first-order valence-electron chi connectivity index (χ1n) is 10.1. The van der Waals surface area contributed by atoms with Crippen molar-refractivity contribution >= 4 is 5.96 Å². The molecule has 0 saturated carbocycles. The van der Waals surface area contributed by atoms with Crippen LogP contribution in [0, 0.1) is 5.92 Å². The molecular formula is C19H34N6O2. The van der Waals surface area contributed by atoms with Crippen molar-refractivity contribution in [3.63, 3.8) is 0 Å². The lowest BCUT2D eigenvalue weighted by atomic mass is 9.97. The highest BCUT2D eigenvalue weighted by Crippen LogP contribution is 2.16. The van der Waals surface area contributed by atoms with E-state index in [9.17, 15) is 0 Å². The van der Waals surface area contributed by atoms with Gasteiger partial charge in [-0.15, -0.1) is 0 Å². The van der Waals surface area contributed by atoms with E-state index in [1.54, 1.807) is 13.4 Å². The predicted octanol–water partition coefficient (Wildman–Crippen LogP) is 0.726. The molecule has 1 N–H and O–H groups in total. The number of aliphatic imine (C=N–C) groups is 1. The molecule has 2 fully saturated rings. The molecule has 2 aliphatic heterocycles. The van der Waals surface area contributed by atoms with Crippen molar-refractivity contribution in [2.45, 2.75) is 19.4 Å². The van der Waals surface area contributed by atoms with Crippen LogP contribution in [-0.4, -0.2) is 98.9 Å². The second-order valence-corrected chi connectivity index (χ2v) is 7.46. The fourth-order valence-electron chi connectivity index (χ4n) is 3.87. The molecular weight excluding hydrogens is 344 g/mol. The monoisotopic (exact) mass is 378 g/mol. The molecule has 0 spiro atoms. The summed E-state index contributed by atoms with van der Waals surface area (Å²) in [6, 6.07) is 1.94. The fraction of sp³-hybridized carbons (Fsp3) is 0.789. The molecule has 3 heterocycles. The van der Waals surface area contributed by atoms with Crippen molar-refractivity contribution in [2.24, 2.45) is 10.9 Å². The zero-order valence-electron chi connectivity index (χ0n) is 16.8. The number of ether oxygens (including phenoxy) is 1. The minimum atomic E-state index is 0.731. The molecule has 2 saturated heterocycles. The summed E-state index contributed by atoms with van der Waals surface area (Å²) in [5.74, 6) is 1.77. The van der Waals surface area contributed by atoms with E-state index in [4.69, 9.17) is 9.26 Å². The van der Waals surface area contributed by atoms with Crippen molar-refractivity contribution in [3.8, 4) is 0 Å². The van der Waals surface area contributed by atoms with E-state index in [0.29, 0.717) is 0 Å². The Bertz CT molecular complexity index is 549. The van der Waals surface area contributed by atoms with Crippen LogP contribution in [0.25, 0.3) is 0 Å². The Morgan fingerprint density at radius 3 is 2.63 bits per heavy atom. The van der Waals surface area contributed by atoms with Crippen molar-refractivity contribution < 1.29 is 9.26 Å². The van der Waals surface area contributed by atoms with Gasteiger partial charge in [0.05, 0.1) is 12.3 Å². The summed E-state index contributed by atoms with van der Waals surface area (Å²) >= 11 is 0. The third-order valence-electron chi connectivity index (χ3n) is 5.63. The van der Waals surface area contributed by atoms with E-state index in [1.807, 2.05) is 13.1 Å². The lowest BCUT2D eigenvalue weighted by Gasteiger charge is -2.37. The molecule has 152 valence electrons. The van der Waals surface area contributed by atoms with Gasteiger partial charge in [-0.05, 0) is 31.8 Å². The highest BCUT2D eigenvalue weighted by Gasteiger charge is 2.22. The second-order valence-electron chi connectivity index (χ2n) is 7.46. The fourth-order valence-corrected chi connectivity index (χ4v) is 3.87. The van der Waals surface area contributed by atoms with E-state index in [2.05, 4.69) is 30.2 Å². The normalized spacial score (nSPS) is 21.0. The first kappa shape index (κ1) is 20.1. The lowest BCUT2D eigenvalue weighted by Crippen LogP contribution is -2.53. The Labute approximate surface area is 162 Å². The maximum Gasteiger partial charge on any atom is 0.193 e. The molecule has 3 rings (SSSR count). The topological polar surface area (TPSA) is 69.4 Å². The molecule has 0 amide bonds. The van der Waals surface area contributed by atoms with Crippen LogP contribution >= 0.6 is 0 Å². The van der Waals surface area contributed by atoms with Crippen LogP contribution in [-0.2, 0) is 11.3 Å². The quantitative estimate of drug-likeness (QED) is 0.554. The van der Waals surface area contributed by atoms with Gasteiger partial charge in [0.25, 0.3) is 0 Å². The molecule has 1 aromatic heterocycles. The minimum absolute atomic E-state index is 0.731. The smallest absolute Gasteiger partial charge is 0.193 e. The van der Waals surface area contributed by atoms with E-state index in [-0.39, 0.29) is 0 Å². The van der Waals surface area contributed by atoms with Crippen LogP contribution in [0.5, 0.6) is 0 Å². The molecule has 1 aromatic rings. The summed E-state index contributed by atoms with van der Waals surface area (Å²) in [4.78, 5) is 11.8. The minimum Gasteiger partial charge on any atom is -0.383 e. The van der Waals surface area contributed by atoms with Crippen LogP contribution in [0.2, 0.25) is 0 Å². The van der Waals surface area contributed by atoms with Crippen LogP contribution in [0.3, 0.4) is 0 Å². The maximum atomic E-state index is 5.18. The van der Waals surface area contributed by atoms with Gasteiger partial charge >= 0.3 is 0 Å². The Morgan fingerprint density at radius 2 is 2.00 bits per heavy atom. The third kappa shape index (κ3) is 6.19. The highest BCUT2D eigenvalue weighted by atomic mass is 16.5. The average Bonchev–Trinajstić information content (AvgIpc) is 3.22. The second kappa shape index (κ2) is 10.6. The number of aromatic nitrogens is 1. The number of likely N-dealkylation sites (tertiary alicyclic amines) is 1. The molecule has 0 aromatic carbocycles. The summed E-state index contributed by atoms with van der Waals surface area (Å²) in [6.07, 6.45) is 4.14. The SMILES string of the molecule is CN=C(NCC1CCN(CCOC)CC1)N1CCN(Cc2ccon2)CC1. The zero-order valence-corrected chi connectivity index (χ0v) is 16.8. The predicted molar refractivity (Wildman–Crippen MR) is 106 cm³/mol. The Morgan fingerprint density at radius 1 is 1.22 bits per heavy atom. The van der Waals surface area contributed by atoms with Gasteiger partial charge in [0.2, 0.25) is 0 Å². The standard InChI is InChI=1S/C19H34N6O2/c1-20-19(21-15-17-3-6-23(7-4-17)12-14-26-2)25-10-8-24(9-11-25)16-18-5-13-27-22-18/h5,13,17H,3-4,6-12,14-16H2,1-2H3,(H,20,21). The Balaban J connectivity index is 1.35. The third-order valence-corrected chi connectivity index (χ3v) is 5.63. The average molecular weight is 379 g/mol. The number of piperazine rings is 1. The first-order chi connectivity index (χ1) is 13.3. The van der Waals surface area contributed by atoms with Crippen molar-refractivity contribution in [3.05, 3.63) is 18.0 Å². The number of hydrogen-bond acceptors (Lipinski definition) is 6. The van der Waals surface area contributed by atoms with Gasteiger partial charge < -0.3 is 24.4 Å². The van der Waals surface area contributed by atoms with Gasteiger partial charge in [-0.25, -0.2) is 0 Å². The maximum absolute atomic E-state index is 5.18. The molecule has 0 aliphatic carbocycles. The van der Waals surface area contributed by atoms with Crippen LogP contribution in [0.15, 0.2) is 21.8 Å². The first-order valence-corrected chi connectivity index (χ1v) is 10.1. The summed E-state index contributed by atoms with van der Waals surface area (Å²) in [6.45, 7) is 10.1. The van der Waals surface area contributed by atoms with E-state index in [1.165, 1.54) is 25.9 Å². The molecule has 0 unspecified atom stereocenters. The largest absolute Gasteiger partial charge is 0.383 e. The zero-order chi connectivity index (χ0) is 18.9. The van der Waals surface area contributed by atoms with Gasteiger partial charge in [0.15, 0.2) is 5.96 Å². The van der Waals surface area contributed by atoms with Crippen molar-refractivity contribution in [1.82, 2.24) is 25.2 Å². The molecule has 0 radical (unpaired) electrons. The molecule has 27 heavy (non-hydrogen) atoms. The Hall–Kier alpha value is -1.64. The number of methoxy groups -OCH3 is 1. The number of rotatable bonds is 7. The summed E-state index contributed by atoms with van der Waals surface area (Å²) in [5, 5.41) is 7.62. The molecule has 8 heteroatoms. The van der Waals surface area contributed by atoms with Crippen LogP contribution in [0.1, 0.15) is 18.5 Å². The lowest BCUT2D eigenvalue weighted by molar-refractivity contribution is 0.120. The summed E-state index contributed by atoms with van der Waals surface area (Å²) < 4.78 is 10.1. The number of guanidine groups is 1. The number of nitrogens with one attached hydrogen (secondary N) is 1. The highest BCUT2D eigenvalue weighted by molar-refractivity contribution is 5.80. The number of hydrogen-bond donors (Lipinski definition) is 1. The molecule has 2 aliphatic rings. The van der Waals surface area contributed by atoms with Crippen LogP contribution < -0.4 is 5.32 Å². The molecule has 0 bridgehead atoms. The van der Waals surface area contributed by atoms with E-state index >= 15 is 0 Å².